The van der Waals surface area contributed by atoms with Crippen LogP contribution in [0.1, 0.15) is 16.5 Å². The lowest BCUT2D eigenvalue weighted by atomic mass is 10.1. The van der Waals surface area contributed by atoms with Crippen molar-refractivity contribution in [2.75, 3.05) is 0 Å². The Labute approximate surface area is 105 Å². The fourth-order valence-electron chi connectivity index (χ4n) is 1.23. The Morgan fingerprint density at radius 2 is 2.27 bits per heavy atom. The molecular formula is C10H7BrClNOS. The molecule has 0 amide bonds. The lowest BCUT2D eigenvalue weighted by Gasteiger charge is -2.09. The fourth-order valence-corrected chi connectivity index (χ4v) is 2.78. The maximum atomic E-state index is 10.1. The Morgan fingerprint density at radius 1 is 1.47 bits per heavy atom. The van der Waals surface area contributed by atoms with Crippen molar-refractivity contribution in [3.05, 3.63) is 49.8 Å². The molecule has 1 unspecified atom stereocenters. The zero-order chi connectivity index (χ0) is 10.8. The first kappa shape index (κ1) is 11.1. The van der Waals surface area contributed by atoms with Crippen molar-refractivity contribution in [2.45, 2.75) is 6.10 Å². The molecule has 0 spiro atoms. The highest BCUT2D eigenvalue weighted by atomic mass is 79.9. The van der Waals surface area contributed by atoms with Crippen molar-refractivity contribution in [3.8, 4) is 0 Å². The molecule has 0 saturated heterocycles. The maximum Gasteiger partial charge on any atom is 0.116 e. The van der Waals surface area contributed by atoms with Crippen molar-refractivity contribution < 1.29 is 5.11 Å². The van der Waals surface area contributed by atoms with Crippen LogP contribution < -0.4 is 0 Å². The molecule has 2 heterocycles. The van der Waals surface area contributed by atoms with Crippen molar-refractivity contribution in [1.82, 2.24) is 4.98 Å². The van der Waals surface area contributed by atoms with Crippen molar-refractivity contribution in [1.29, 1.82) is 0 Å². The number of aromatic nitrogens is 1. The number of thiophene rings is 1. The van der Waals surface area contributed by atoms with Crippen molar-refractivity contribution in [2.24, 2.45) is 0 Å². The first-order valence-corrected chi connectivity index (χ1v) is 6.25. The average molecular weight is 305 g/mol. The summed E-state index contributed by atoms with van der Waals surface area (Å²) in [4.78, 5) is 4.75. The van der Waals surface area contributed by atoms with Gasteiger partial charge in [0.05, 0.1) is 9.90 Å². The molecule has 5 heteroatoms. The van der Waals surface area contributed by atoms with Crippen LogP contribution in [0.4, 0.5) is 0 Å². The van der Waals surface area contributed by atoms with Crippen LogP contribution in [0, 0.1) is 0 Å². The summed E-state index contributed by atoms with van der Waals surface area (Å²) in [6.07, 6.45) is 2.60. The SMILES string of the molecule is OC(c1cncc(Br)c1)c1sccc1Cl. The first-order chi connectivity index (χ1) is 7.18. The van der Waals surface area contributed by atoms with Crippen LogP contribution in [0.2, 0.25) is 5.02 Å². The standard InChI is InChI=1S/C10H7BrClNOS/c11-7-3-6(4-13-5-7)9(14)10-8(12)1-2-15-10/h1-5,9,14H. The van der Waals surface area contributed by atoms with Crippen LogP contribution in [0.25, 0.3) is 0 Å². The number of pyridine rings is 1. The van der Waals surface area contributed by atoms with Gasteiger partial charge in [0, 0.05) is 22.4 Å². The van der Waals surface area contributed by atoms with Gasteiger partial charge in [-0.3, -0.25) is 4.98 Å². The highest BCUT2D eigenvalue weighted by Gasteiger charge is 2.15. The summed E-state index contributed by atoms with van der Waals surface area (Å²) in [5, 5.41) is 12.5. The van der Waals surface area contributed by atoms with Crippen LogP contribution >= 0.6 is 38.9 Å². The maximum absolute atomic E-state index is 10.1. The third-order valence-corrected chi connectivity index (χ3v) is 3.78. The minimum atomic E-state index is -0.706. The van der Waals surface area contributed by atoms with Crippen molar-refractivity contribution in [3.63, 3.8) is 0 Å². The van der Waals surface area contributed by atoms with Gasteiger partial charge < -0.3 is 5.11 Å². The molecule has 15 heavy (non-hydrogen) atoms. The van der Waals surface area contributed by atoms with E-state index >= 15 is 0 Å². The Balaban J connectivity index is 2.36. The van der Waals surface area contributed by atoms with E-state index in [1.165, 1.54) is 11.3 Å². The Bertz CT molecular complexity index is 474. The van der Waals surface area contributed by atoms with E-state index in [9.17, 15) is 5.11 Å². The molecular weight excluding hydrogens is 298 g/mol. The van der Waals surface area contributed by atoms with Crippen LogP contribution in [0.3, 0.4) is 0 Å². The Morgan fingerprint density at radius 3 is 2.87 bits per heavy atom. The molecule has 0 aliphatic carbocycles. The minimum Gasteiger partial charge on any atom is -0.383 e. The van der Waals surface area contributed by atoms with E-state index in [2.05, 4.69) is 20.9 Å². The van der Waals surface area contributed by atoms with E-state index in [1.54, 1.807) is 18.5 Å². The van der Waals surface area contributed by atoms with Gasteiger partial charge in [-0.05, 0) is 33.4 Å². The van der Waals surface area contributed by atoms with E-state index < -0.39 is 6.10 Å². The second-order valence-corrected chi connectivity index (χ2v) is 5.24. The summed E-state index contributed by atoms with van der Waals surface area (Å²) in [5.74, 6) is 0. The summed E-state index contributed by atoms with van der Waals surface area (Å²) in [7, 11) is 0. The molecule has 0 radical (unpaired) electrons. The fraction of sp³-hybridized carbons (Fsp3) is 0.100. The first-order valence-electron chi connectivity index (χ1n) is 4.20. The van der Waals surface area contributed by atoms with Crippen LogP contribution in [0.5, 0.6) is 0 Å². The van der Waals surface area contributed by atoms with E-state index in [-0.39, 0.29) is 0 Å². The van der Waals surface area contributed by atoms with E-state index in [1.807, 2.05) is 11.4 Å². The zero-order valence-electron chi connectivity index (χ0n) is 7.52. The lowest BCUT2D eigenvalue weighted by molar-refractivity contribution is 0.224. The number of hydrogen-bond acceptors (Lipinski definition) is 3. The summed E-state index contributed by atoms with van der Waals surface area (Å²) >= 11 is 10.7. The molecule has 2 nitrogen and oxygen atoms in total. The smallest absolute Gasteiger partial charge is 0.116 e. The van der Waals surface area contributed by atoms with Gasteiger partial charge in [0.25, 0.3) is 0 Å². The molecule has 0 aliphatic heterocycles. The van der Waals surface area contributed by atoms with Gasteiger partial charge in [0.1, 0.15) is 6.10 Å². The molecule has 1 N–H and O–H groups in total. The number of aliphatic hydroxyl groups excluding tert-OH is 1. The van der Waals surface area contributed by atoms with Crippen LogP contribution in [-0.4, -0.2) is 10.1 Å². The number of aliphatic hydroxyl groups is 1. The lowest BCUT2D eigenvalue weighted by Crippen LogP contribution is -1.98. The average Bonchev–Trinajstić information content (AvgIpc) is 2.63. The van der Waals surface area contributed by atoms with Gasteiger partial charge in [-0.15, -0.1) is 11.3 Å². The van der Waals surface area contributed by atoms with Gasteiger partial charge in [-0.25, -0.2) is 0 Å². The predicted octanol–water partition coefficient (Wildman–Crippen LogP) is 3.64. The molecule has 0 aliphatic rings. The minimum absolute atomic E-state index is 0.590. The van der Waals surface area contributed by atoms with Crippen LogP contribution in [0.15, 0.2) is 34.4 Å². The van der Waals surface area contributed by atoms with E-state index in [4.69, 9.17) is 11.6 Å². The van der Waals surface area contributed by atoms with Crippen LogP contribution in [-0.2, 0) is 0 Å². The normalized spacial score (nSPS) is 12.7. The topological polar surface area (TPSA) is 33.1 Å². The highest BCUT2D eigenvalue weighted by molar-refractivity contribution is 9.10. The third kappa shape index (κ3) is 2.39. The molecule has 78 valence electrons. The van der Waals surface area contributed by atoms with Gasteiger partial charge in [-0.1, -0.05) is 11.6 Å². The van der Waals surface area contributed by atoms with Gasteiger partial charge in [0.15, 0.2) is 0 Å². The van der Waals surface area contributed by atoms with Gasteiger partial charge >= 0.3 is 0 Å². The molecule has 2 aromatic heterocycles. The molecule has 0 saturated carbocycles. The van der Waals surface area contributed by atoms with E-state index in [0.29, 0.717) is 5.02 Å². The quantitative estimate of drug-likeness (QED) is 0.919. The van der Waals surface area contributed by atoms with E-state index in [0.717, 1.165) is 14.9 Å². The zero-order valence-corrected chi connectivity index (χ0v) is 10.7. The summed E-state index contributed by atoms with van der Waals surface area (Å²) in [6.45, 7) is 0. The molecule has 1 atom stereocenters. The number of rotatable bonds is 2. The molecule has 2 aromatic rings. The molecule has 0 bridgehead atoms. The predicted molar refractivity (Wildman–Crippen MR) is 65.3 cm³/mol. The van der Waals surface area contributed by atoms with Gasteiger partial charge in [-0.2, -0.15) is 0 Å². The Hall–Kier alpha value is -0.420. The number of nitrogens with zero attached hydrogens (tertiary/aromatic N) is 1. The second kappa shape index (κ2) is 4.61. The van der Waals surface area contributed by atoms with Gasteiger partial charge in [0.2, 0.25) is 0 Å². The third-order valence-electron chi connectivity index (χ3n) is 1.93. The monoisotopic (exact) mass is 303 g/mol. The second-order valence-electron chi connectivity index (χ2n) is 2.97. The Kier molecular flexibility index (Phi) is 3.41. The summed E-state index contributed by atoms with van der Waals surface area (Å²) in [6, 6.07) is 3.60. The largest absolute Gasteiger partial charge is 0.383 e. The molecule has 0 aromatic carbocycles. The molecule has 2 rings (SSSR count). The summed E-state index contributed by atoms with van der Waals surface area (Å²) < 4.78 is 0.840. The van der Waals surface area contributed by atoms with Crippen molar-refractivity contribution >= 4 is 38.9 Å². The number of halogens is 2. The molecule has 0 fully saturated rings. The highest BCUT2D eigenvalue weighted by Crippen LogP contribution is 2.32. The summed E-state index contributed by atoms with van der Waals surface area (Å²) in [5.41, 5.74) is 0.730. The number of hydrogen-bond donors (Lipinski definition) is 1.